The molecule has 0 bridgehead atoms. The van der Waals surface area contributed by atoms with Crippen molar-refractivity contribution in [3.8, 4) is 5.75 Å². The van der Waals surface area contributed by atoms with Crippen molar-refractivity contribution in [2.24, 2.45) is 5.92 Å². The van der Waals surface area contributed by atoms with Crippen LogP contribution >= 0.6 is 0 Å². The van der Waals surface area contributed by atoms with Gasteiger partial charge in [-0.1, -0.05) is 12.1 Å². The first kappa shape index (κ1) is 18.1. The minimum Gasteiger partial charge on any atom is -0.494 e. The van der Waals surface area contributed by atoms with E-state index in [2.05, 4.69) is 34.3 Å². The van der Waals surface area contributed by atoms with Crippen molar-refractivity contribution in [2.75, 3.05) is 39.8 Å². The van der Waals surface area contributed by atoms with E-state index in [9.17, 15) is 4.79 Å². The zero-order chi connectivity index (χ0) is 17.6. The Kier molecular flexibility index (Phi) is 6.19. The standard InChI is InChI=1S/C20H31N3O2/c1-3-25-18-8-4-6-16(14-18)9-11-21-20(24)23-12-5-7-17-15-22(2)13-10-19(17)23/h4,6,8,14,17,19H,3,5,7,9-13,15H2,1-2H3,(H,21,24)/t17-,19+/m0/s1. The molecule has 0 radical (unpaired) electrons. The first-order valence-electron chi connectivity index (χ1n) is 9.62. The van der Waals surface area contributed by atoms with Gasteiger partial charge in [0.05, 0.1) is 6.61 Å². The zero-order valence-electron chi connectivity index (χ0n) is 15.5. The van der Waals surface area contributed by atoms with Gasteiger partial charge in [-0.2, -0.15) is 0 Å². The van der Waals surface area contributed by atoms with E-state index in [-0.39, 0.29) is 6.03 Å². The lowest BCUT2D eigenvalue weighted by molar-refractivity contribution is 0.0534. The second kappa shape index (κ2) is 8.56. The maximum absolute atomic E-state index is 12.7. The Labute approximate surface area is 151 Å². The highest BCUT2D eigenvalue weighted by Crippen LogP contribution is 2.30. The zero-order valence-corrected chi connectivity index (χ0v) is 15.5. The van der Waals surface area contributed by atoms with Crippen molar-refractivity contribution < 1.29 is 9.53 Å². The topological polar surface area (TPSA) is 44.8 Å². The maximum atomic E-state index is 12.7. The Morgan fingerprint density at radius 3 is 3.04 bits per heavy atom. The van der Waals surface area contributed by atoms with Gasteiger partial charge in [-0.05, 0) is 69.8 Å². The summed E-state index contributed by atoms with van der Waals surface area (Å²) in [7, 11) is 2.19. The van der Waals surface area contributed by atoms with Crippen molar-refractivity contribution in [3.63, 3.8) is 0 Å². The third-order valence-electron chi connectivity index (χ3n) is 5.43. The average Bonchev–Trinajstić information content (AvgIpc) is 2.61. The molecule has 0 saturated carbocycles. The summed E-state index contributed by atoms with van der Waals surface area (Å²) in [5.74, 6) is 1.54. The minimum atomic E-state index is 0.111. The lowest BCUT2D eigenvalue weighted by atomic mass is 9.84. The molecule has 2 saturated heterocycles. The summed E-state index contributed by atoms with van der Waals surface area (Å²) >= 11 is 0. The van der Waals surface area contributed by atoms with Crippen molar-refractivity contribution >= 4 is 6.03 Å². The normalized spacial score (nSPS) is 23.8. The average molecular weight is 345 g/mol. The summed E-state index contributed by atoms with van der Waals surface area (Å²) < 4.78 is 5.54. The van der Waals surface area contributed by atoms with Gasteiger partial charge in [-0.15, -0.1) is 0 Å². The summed E-state index contributed by atoms with van der Waals surface area (Å²) in [6.07, 6.45) is 4.31. The number of nitrogens with one attached hydrogen (secondary N) is 1. The van der Waals surface area contributed by atoms with E-state index < -0.39 is 0 Å². The number of rotatable bonds is 5. The Morgan fingerprint density at radius 2 is 2.20 bits per heavy atom. The second-order valence-electron chi connectivity index (χ2n) is 7.28. The third-order valence-corrected chi connectivity index (χ3v) is 5.43. The molecule has 2 atom stereocenters. The van der Waals surface area contributed by atoms with E-state index in [0.29, 0.717) is 25.1 Å². The molecule has 5 nitrogen and oxygen atoms in total. The van der Waals surface area contributed by atoms with Crippen molar-refractivity contribution in [1.82, 2.24) is 15.1 Å². The molecule has 5 heteroatoms. The highest BCUT2D eigenvalue weighted by Gasteiger charge is 2.37. The summed E-state index contributed by atoms with van der Waals surface area (Å²) in [4.78, 5) is 17.2. The number of likely N-dealkylation sites (tertiary alicyclic amines) is 2. The molecule has 0 aromatic heterocycles. The molecule has 0 unspecified atom stereocenters. The molecular weight excluding hydrogens is 314 g/mol. The van der Waals surface area contributed by atoms with Crippen molar-refractivity contribution in [2.45, 2.75) is 38.6 Å². The van der Waals surface area contributed by atoms with Gasteiger partial charge in [0.15, 0.2) is 0 Å². The van der Waals surface area contributed by atoms with E-state index in [1.54, 1.807) is 0 Å². The quantitative estimate of drug-likeness (QED) is 0.892. The SMILES string of the molecule is CCOc1cccc(CCNC(=O)N2CCC[C@H]3CN(C)CC[C@H]32)c1. The Hall–Kier alpha value is -1.75. The van der Waals surface area contributed by atoms with Crippen LogP contribution in [-0.2, 0) is 6.42 Å². The monoisotopic (exact) mass is 345 g/mol. The summed E-state index contributed by atoms with van der Waals surface area (Å²) in [5, 5.41) is 3.13. The summed E-state index contributed by atoms with van der Waals surface area (Å²) in [6.45, 7) is 6.45. The maximum Gasteiger partial charge on any atom is 0.317 e. The van der Waals surface area contributed by atoms with Gasteiger partial charge in [0.2, 0.25) is 0 Å². The van der Waals surface area contributed by atoms with Crippen molar-refractivity contribution in [1.29, 1.82) is 0 Å². The number of fused-ring (bicyclic) bond motifs is 1. The van der Waals surface area contributed by atoms with Gasteiger partial charge < -0.3 is 19.9 Å². The third kappa shape index (κ3) is 4.66. The fourth-order valence-corrected chi connectivity index (χ4v) is 4.21. The van der Waals surface area contributed by atoms with Crippen LogP contribution in [0, 0.1) is 5.92 Å². The summed E-state index contributed by atoms with van der Waals surface area (Å²) in [6, 6.07) is 8.66. The van der Waals surface area contributed by atoms with E-state index in [1.807, 2.05) is 19.1 Å². The van der Waals surface area contributed by atoms with Crippen LogP contribution in [0.15, 0.2) is 24.3 Å². The van der Waals surface area contributed by atoms with Crippen LogP contribution in [0.2, 0.25) is 0 Å². The highest BCUT2D eigenvalue weighted by atomic mass is 16.5. The molecule has 2 aliphatic rings. The van der Waals surface area contributed by atoms with Crippen LogP contribution < -0.4 is 10.1 Å². The number of piperidine rings is 2. The predicted octanol–water partition coefficient (Wildman–Crippen LogP) is 2.75. The van der Waals surface area contributed by atoms with Crippen LogP contribution in [-0.4, -0.2) is 61.7 Å². The molecule has 2 aliphatic heterocycles. The molecule has 2 amide bonds. The largest absolute Gasteiger partial charge is 0.494 e. The van der Waals surface area contributed by atoms with Crippen LogP contribution in [0.1, 0.15) is 31.7 Å². The van der Waals surface area contributed by atoms with E-state index >= 15 is 0 Å². The number of nitrogens with zero attached hydrogens (tertiary/aromatic N) is 2. The molecular formula is C20H31N3O2. The Morgan fingerprint density at radius 1 is 1.32 bits per heavy atom. The summed E-state index contributed by atoms with van der Waals surface area (Å²) in [5.41, 5.74) is 1.20. The van der Waals surface area contributed by atoms with Crippen molar-refractivity contribution in [3.05, 3.63) is 29.8 Å². The molecule has 0 spiro atoms. The fourth-order valence-electron chi connectivity index (χ4n) is 4.21. The number of amides is 2. The smallest absolute Gasteiger partial charge is 0.317 e. The number of hydrogen-bond donors (Lipinski definition) is 1. The van der Waals surface area contributed by atoms with Crippen LogP contribution in [0.4, 0.5) is 4.79 Å². The molecule has 3 rings (SSSR count). The van der Waals surface area contributed by atoms with E-state index in [0.717, 1.165) is 44.6 Å². The second-order valence-corrected chi connectivity index (χ2v) is 7.28. The Balaban J connectivity index is 1.49. The van der Waals surface area contributed by atoms with Gasteiger partial charge >= 0.3 is 6.03 Å². The lowest BCUT2D eigenvalue weighted by Crippen LogP contribution is -2.57. The predicted molar refractivity (Wildman–Crippen MR) is 100 cm³/mol. The first-order chi connectivity index (χ1) is 12.2. The number of hydrogen-bond acceptors (Lipinski definition) is 3. The van der Waals surface area contributed by atoms with Gasteiger partial charge in [0.1, 0.15) is 5.75 Å². The van der Waals surface area contributed by atoms with Gasteiger partial charge in [0.25, 0.3) is 0 Å². The van der Waals surface area contributed by atoms with Crippen LogP contribution in [0.5, 0.6) is 5.75 Å². The molecule has 25 heavy (non-hydrogen) atoms. The van der Waals surface area contributed by atoms with Crippen LogP contribution in [0.3, 0.4) is 0 Å². The number of carbonyl (C=O) groups is 1. The number of carbonyl (C=O) groups excluding carboxylic acids is 1. The van der Waals surface area contributed by atoms with E-state index in [1.165, 1.54) is 12.0 Å². The molecule has 2 fully saturated rings. The highest BCUT2D eigenvalue weighted by molar-refractivity contribution is 5.74. The van der Waals surface area contributed by atoms with Gasteiger partial charge in [-0.25, -0.2) is 4.79 Å². The molecule has 138 valence electrons. The number of ether oxygens (including phenoxy) is 1. The number of urea groups is 1. The first-order valence-corrected chi connectivity index (χ1v) is 9.62. The molecule has 2 heterocycles. The van der Waals surface area contributed by atoms with Crippen LogP contribution in [0.25, 0.3) is 0 Å². The van der Waals surface area contributed by atoms with Gasteiger partial charge in [0, 0.05) is 25.7 Å². The number of benzene rings is 1. The Bertz CT molecular complexity index is 578. The van der Waals surface area contributed by atoms with Gasteiger partial charge in [-0.3, -0.25) is 0 Å². The fraction of sp³-hybridized carbons (Fsp3) is 0.650. The minimum absolute atomic E-state index is 0.111. The molecule has 1 aromatic carbocycles. The molecule has 0 aliphatic carbocycles. The molecule has 1 N–H and O–H groups in total. The molecule has 1 aromatic rings. The lowest BCUT2D eigenvalue weighted by Gasteiger charge is -2.46. The van der Waals surface area contributed by atoms with E-state index in [4.69, 9.17) is 4.74 Å².